The van der Waals surface area contributed by atoms with Gasteiger partial charge in [-0.2, -0.15) is 0 Å². The van der Waals surface area contributed by atoms with E-state index in [1.54, 1.807) is 0 Å². The minimum atomic E-state index is 0.0477. The van der Waals surface area contributed by atoms with Crippen LogP contribution < -0.4 is 11.1 Å². The zero-order valence-electron chi connectivity index (χ0n) is 8.65. The van der Waals surface area contributed by atoms with E-state index >= 15 is 0 Å². The molecule has 0 saturated heterocycles. The summed E-state index contributed by atoms with van der Waals surface area (Å²) in [5.74, 6) is 1.60. The second-order valence-corrected chi connectivity index (χ2v) is 4.59. The molecule has 2 fully saturated rings. The number of nitrogens with zero attached hydrogens (tertiary/aromatic N) is 1. The Balaban J connectivity index is 1.82. The SMILES string of the molecule is N/C(CNC(=O)C1CC2CCC1C2)=N\O. The summed E-state index contributed by atoms with van der Waals surface area (Å²) in [5.41, 5.74) is 5.28. The highest BCUT2D eigenvalue weighted by atomic mass is 16.4. The van der Waals surface area contributed by atoms with Crippen LogP contribution in [0.2, 0.25) is 0 Å². The molecule has 0 aromatic rings. The number of oxime groups is 1. The molecule has 2 aliphatic carbocycles. The average Bonchev–Trinajstić information content (AvgIpc) is 2.86. The van der Waals surface area contributed by atoms with Gasteiger partial charge in [0.25, 0.3) is 0 Å². The van der Waals surface area contributed by atoms with E-state index in [2.05, 4.69) is 10.5 Å². The minimum Gasteiger partial charge on any atom is -0.409 e. The van der Waals surface area contributed by atoms with Gasteiger partial charge in [-0.3, -0.25) is 4.79 Å². The molecule has 1 amide bonds. The number of fused-ring (bicyclic) bond motifs is 2. The highest BCUT2D eigenvalue weighted by Gasteiger charge is 2.42. The number of amidine groups is 1. The maximum Gasteiger partial charge on any atom is 0.223 e. The van der Waals surface area contributed by atoms with Crippen LogP contribution >= 0.6 is 0 Å². The number of rotatable bonds is 3. The summed E-state index contributed by atoms with van der Waals surface area (Å²) in [6.07, 6.45) is 4.70. The van der Waals surface area contributed by atoms with E-state index in [4.69, 9.17) is 10.9 Å². The fourth-order valence-electron chi connectivity index (χ4n) is 2.91. The third-order valence-corrected chi connectivity index (χ3v) is 3.65. The van der Waals surface area contributed by atoms with Crippen molar-refractivity contribution in [2.45, 2.75) is 25.7 Å². The van der Waals surface area contributed by atoms with E-state index in [0.29, 0.717) is 5.92 Å². The van der Waals surface area contributed by atoms with Gasteiger partial charge in [-0.15, -0.1) is 0 Å². The Hall–Kier alpha value is -1.26. The maximum atomic E-state index is 11.8. The van der Waals surface area contributed by atoms with Crippen LogP contribution in [0.1, 0.15) is 25.7 Å². The smallest absolute Gasteiger partial charge is 0.223 e. The molecule has 0 spiro atoms. The van der Waals surface area contributed by atoms with Crippen molar-refractivity contribution >= 4 is 11.7 Å². The zero-order valence-corrected chi connectivity index (χ0v) is 8.65. The van der Waals surface area contributed by atoms with Gasteiger partial charge in [0.2, 0.25) is 5.91 Å². The number of hydrogen-bond acceptors (Lipinski definition) is 3. The Morgan fingerprint density at radius 2 is 2.27 bits per heavy atom. The number of carbonyl (C=O) groups is 1. The van der Waals surface area contributed by atoms with Gasteiger partial charge in [0.1, 0.15) is 0 Å². The Labute approximate surface area is 88.7 Å². The Morgan fingerprint density at radius 1 is 1.47 bits per heavy atom. The van der Waals surface area contributed by atoms with Gasteiger partial charge in [-0.1, -0.05) is 11.6 Å². The molecule has 0 aromatic heterocycles. The first-order valence-corrected chi connectivity index (χ1v) is 5.45. The molecule has 2 bridgehead atoms. The van der Waals surface area contributed by atoms with Crippen molar-refractivity contribution in [1.29, 1.82) is 0 Å². The van der Waals surface area contributed by atoms with Crippen molar-refractivity contribution in [2.24, 2.45) is 28.6 Å². The number of carbonyl (C=O) groups excluding carboxylic acids is 1. The molecule has 84 valence electrons. The molecule has 0 aliphatic heterocycles. The molecule has 5 nitrogen and oxygen atoms in total. The molecule has 0 aromatic carbocycles. The van der Waals surface area contributed by atoms with Crippen LogP contribution in [0, 0.1) is 17.8 Å². The number of nitrogens with one attached hydrogen (secondary N) is 1. The molecule has 5 heteroatoms. The third-order valence-electron chi connectivity index (χ3n) is 3.65. The molecule has 3 atom stereocenters. The summed E-state index contributed by atoms with van der Waals surface area (Å²) in [6, 6.07) is 0. The first kappa shape index (κ1) is 10.3. The first-order chi connectivity index (χ1) is 7.20. The molecule has 2 saturated carbocycles. The van der Waals surface area contributed by atoms with Crippen molar-refractivity contribution < 1.29 is 10.0 Å². The molecule has 0 heterocycles. The van der Waals surface area contributed by atoms with Crippen molar-refractivity contribution in [2.75, 3.05) is 6.54 Å². The quantitative estimate of drug-likeness (QED) is 0.271. The fraction of sp³-hybridized carbons (Fsp3) is 0.800. The van der Waals surface area contributed by atoms with Crippen molar-refractivity contribution in [3.05, 3.63) is 0 Å². The predicted octanol–water partition coefficient (Wildman–Crippen LogP) is 0.285. The van der Waals surface area contributed by atoms with E-state index in [9.17, 15) is 4.79 Å². The largest absolute Gasteiger partial charge is 0.409 e. The molecule has 2 aliphatic rings. The highest BCUT2D eigenvalue weighted by molar-refractivity contribution is 5.87. The second-order valence-electron chi connectivity index (χ2n) is 4.59. The normalized spacial score (nSPS) is 34.4. The Bertz CT molecular complexity index is 290. The van der Waals surface area contributed by atoms with E-state index in [-0.39, 0.29) is 24.2 Å². The summed E-state index contributed by atoms with van der Waals surface area (Å²) in [6.45, 7) is 0.142. The fourth-order valence-corrected chi connectivity index (χ4v) is 2.91. The zero-order chi connectivity index (χ0) is 10.8. The van der Waals surface area contributed by atoms with Crippen molar-refractivity contribution in [3.63, 3.8) is 0 Å². The molecular weight excluding hydrogens is 194 g/mol. The minimum absolute atomic E-state index is 0.0477. The molecule has 3 unspecified atom stereocenters. The van der Waals surface area contributed by atoms with Crippen LogP contribution in [0.25, 0.3) is 0 Å². The van der Waals surface area contributed by atoms with Crippen LogP contribution in [0.15, 0.2) is 5.16 Å². The lowest BCUT2D eigenvalue weighted by Crippen LogP contribution is -2.39. The summed E-state index contributed by atoms with van der Waals surface area (Å²) >= 11 is 0. The Kier molecular flexibility index (Phi) is 2.79. The standard InChI is InChI=1S/C10H17N3O2/c11-9(13-15)5-12-10(14)8-4-6-1-2-7(8)3-6/h6-8,15H,1-5H2,(H2,11,13)(H,12,14). The number of amides is 1. The Morgan fingerprint density at radius 3 is 2.80 bits per heavy atom. The third kappa shape index (κ3) is 2.06. The van der Waals surface area contributed by atoms with Gasteiger partial charge >= 0.3 is 0 Å². The van der Waals surface area contributed by atoms with Gasteiger partial charge < -0.3 is 16.3 Å². The van der Waals surface area contributed by atoms with Crippen molar-refractivity contribution in [3.8, 4) is 0 Å². The predicted molar refractivity (Wildman–Crippen MR) is 55.4 cm³/mol. The first-order valence-electron chi connectivity index (χ1n) is 5.45. The molecule has 2 rings (SSSR count). The summed E-state index contributed by atoms with van der Waals surface area (Å²) in [7, 11) is 0. The highest BCUT2D eigenvalue weighted by Crippen LogP contribution is 2.48. The van der Waals surface area contributed by atoms with Gasteiger partial charge in [-0.05, 0) is 31.1 Å². The van der Waals surface area contributed by atoms with E-state index in [0.717, 1.165) is 12.3 Å². The van der Waals surface area contributed by atoms with Crippen molar-refractivity contribution in [1.82, 2.24) is 5.32 Å². The van der Waals surface area contributed by atoms with Crippen LogP contribution in [-0.4, -0.2) is 23.5 Å². The molecule has 4 N–H and O–H groups in total. The van der Waals surface area contributed by atoms with Gasteiger partial charge in [0, 0.05) is 5.92 Å². The molecular formula is C10H17N3O2. The van der Waals surface area contributed by atoms with Crippen LogP contribution in [0.4, 0.5) is 0 Å². The average molecular weight is 211 g/mol. The van der Waals surface area contributed by atoms with Crippen LogP contribution in [0.3, 0.4) is 0 Å². The topological polar surface area (TPSA) is 87.7 Å². The monoisotopic (exact) mass is 211 g/mol. The summed E-state index contributed by atoms with van der Waals surface area (Å²) in [5, 5.41) is 13.9. The lowest BCUT2D eigenvalue weighted by atomic mass is 9.88. The van der Waals surface area contributed by atoms with Gasteiger partial charge in [-0.25, -0.2) is 0 Å². The lowest BCUT2D eigenvalue weighted by molar-refractivity contribution is -0.126. The lowest BCUT2D eigenvalue weighted by Gasteiger charge is -2.20. The maximum absolute atomic E-state index is 11.8. The van der Waals surface area contributed by atoms with E-state index < -0.39 is 0 Å². The molecule has 15 heavy (non-hydrogen) atoms. The second kappa shape index (κ2) is 4.08. The van der Waals surface area contributed by atoms with E-state index in [1.165, 1.54) is 19.3 Å². The number of nitrogens with two attached hydrogens (primary N) is 1. The van der Waals surface area contributed by atoms with E-state index in [1.807, 2.05) is 0 Å². The van der Waals surface area contributed by atoms with Gasteiger partial charge in [0.15, 0.2) is 5.84 Å². The summed E-state index contributed by atoms with van der Waals surface area (Å²) < 4.78 is 0. The van der Waals surface area contributed by atoms with Gasteiger partial charge in [0.05, 0.1) is 6.54 Å². The van der Waals surface area contributed by atoms with Crippen LogP contribution in [0.5, 0.6) is 0 Å². The number of hydrogen-bond donors (Lipinski definition) is 3. The summed E-state index contributed by atoms with van der Waals surface area (Å²) in [4.78, 5) is 11.8. The molecule has 0 radical (unpaired) electrons. The van der Waals surface area contributed by atoms with Crippen LogP contribution in [-0.2, 0) is 4.79 Å².